The van der Waals surface area contributed by atoms with Crippen molar-refractivity contribution in [3.63, 3.8) is 0 Å². The lowest BCUT2D eigenvalue weighted by molar-refractivity contribution is 0.102. The van der Waals surface area contributed by atoms with E-state index in [1.165, 1.54) is 6.20 Å². The summed E-state index contributed by atoms with van der Waals surface area (Å²) in [5, 5.41) is 13.6. The number of nitrogens with one attached hydrogen (secondary N) is 1. The third-order valence-electron chi connectivity index (χ3n) is 5.88. The second kappa shape index (κ2) is 8.58. The largest absolute Gasteiger partial charge is 0.494 e. The van der Waals surface area contributed by atoms with Crippen LogP contribution >= 0.6 is 0 Å². The molecule has 0 aliphatic rings. The molecule has 0 saturated heterocycles. The van der Waals surface area contributed by atoms with Crippen LogP contribution in [0, 0.1) is 0 Å². The van der Waals surface area contributed by atoms with Gasteiger partial charge < -0.3 is 10.1 Å². The van der Waals surface area contributed by atoms with Gasteiger partial charge in [0.15, 0.2) is 17.2 Å². The van der Waals surface area contributed by atoms with Crippen molar-refractivity contribution in [2.45, 2.75) is 0 Å². The summed E-state index contributed by atoms with van der Waals surface area (Å²) in [6, 6.07) is 15.2. The van der Waals surface area contributed by atoms with Crippen molar-refractivity contribution in [1.82, 2.24) is 34.3 Å². The summed E-state index contributed by atoms with van der Waals surface area (Å²) in [5.41, 5.74) is 3.57. The number of carbonyl (C=O) groups is 1. The molecule has 1 amide bonds. The smallest absolute Gasteiger partial charge is 0.261 e. The molecule has 4 aromatic heterocycles. The van der Waals surface area contributed by atoms with Crippen molar-refractivity contribution in [2.75, 3.05) is 12.4 Å². The van der Waals surface area contributed by atoms with E-state index in [1.54, 1.807) is 48.1 Å². The van der Waals surface area contributed by atoms with Crippen LogP contribution < -0.4 is 10.1 Å². The van der Waals surface area contributed by atoms with Crippen LogP contribution in [-0.2, 0) is 7.05 Å². The third kappa shape index (κ3) is 3.61. The molecule has 0 unspecified atom stereocenters. The highest BCUT2D eigenvalue weighted by Crippen LogP contribution is 2.35. The van der Waals surface area contributed by atoms with Crippen molar-refractivity contribution < 1.29 is 9.53 Å². The SMILES string of the molecule is COc1c(NC(=O)c2cnn3ccc(-c4cccc5ccncc45)nc23)cccc1-c1ncn(C)n1. The fourth-order valence-corrected chi connectivity index (χ4v) is 4.20. The van der Waals surface area contributed by atoms with E-state index in [4.69, 9.17) is 9.72 Å². The molecule has 0 spiro atoms. The summed E-state index contributed by atoms with van der Waals surface area (Å²) in [5.74, 6) is 0.599. The van der Waals surface area contributed by atoms with Gasteiger partial charge in [0, 0.05) is 36.6 Å². The van der Waals surface area contributed by atoms with E-state index in [0.717, 1.165) is 22.0 Å². The zero-order chi connectivity index (χ0) is 24.6. The molecule has 0 aliphatic heterocycles. The van der Waals surface area contributed by atoms with Gasteiger partial charge in [-0.3, -0.25) is 14.5 Å². The molecule has 176 valence electrons. The maximum Gasteiger partial charge on any atom is 0.261 e. The van der Waals surface area contributed by atoms with Gasteiger partial charge in [-0.25, -0.2) is 14.5 Å². The number of hydrogen-bond donors (Lipinski definition) is 1. The summed E-state index contributed by atoms with van der Waals surface area (Å²) >= 11 is 0. The maximum absolute atomic E-state index is 13.4. The maximum atomic E-state index is 13.4. The number of aromatic nitrogens is 7. The molecular weight excluding hydrogens is 456 g/mol. The van der Waals surface area contributed by atoms with Crippen molar-refractivity contribution in [3.8, 4) is 28.4 Å². The Balaban J connectivity index is 1.38. The second-order valence-electron chi connectivity index (χ2n) is 8.12. The van der Waals surface area contributed by atoms with Crippen LogP contribution in [0.3, 0.4) is 0 Å². The summed E-state index contributed by atoms with van der Waals surface area (Å²) in [7, 11) is 3.33. The van der Waals surface area contributed by atoms with Gasteiger partial charge in [-0.1, -0.05) is 24.3 Å². The highest BCUT2D eigenvalue weighted by Gasteiger charge is 2.20. The Bertz CT molecular complexity index is 1750. The predicted octanol–water partition coefficient (Wildman–Crippen LogP) is 4.00. The van der Waals surface area contributed by atoms with E-state index in [9.17, 15) is 4.79 Å². The molecule has 0 radical (unpaired) electrons. The Morgan fingerprint density at radius 2 is 1.89 bits per heavy atom. The summed E-state index contributed by atoms with van der Waals surface area (Å²) in [6.45, 7) is 0. The lowest BCUT2D eigenvalue weighted by Crippen LogP contribution is -2.13. The molecule has 6 aromatic rings. The third-order valence-corrected chi connectivity index (χ3v) is 5.88. The van der Waals surface area contributed by atoms with Crippen LogP contribution in [0.25, 0.3) is 39.1 Å². The Labute approximate surface area is 205 Å². The van der Waals surface area contributed by atoms with Crippen LogP contribution in [-0.4, -0.2) is 47.4 Å². The molecule has 0 aliphatic carbocycles. The number of rotatable bonds is 5. The minimum atomic E-state index is -0.362. The van der Waals surface area contributed by atoms with Crippen molar-refractivity contribution in [2.24, 2.45) is 7.05 Å². The lowest BCUT2D eigenvalue weighted by Gasteiger charge is -2.12. The van der Waals surface area contributed by atoms with Gasteiger partial charge in [0.2, 0.25) is 0 Å². The molecule has 0 saturated carbocycles. The molecule has 6 rings (SSSR count). The quantitative estimate of drug-likeness (QED) is 0.400. The summed E-state index contributed by atoms with van der Waals surface area (Å²) in [6.07, 6.45) is 8.47. The molecule has 0 fully saturated rings. The number of ether oxygens (including phenoxy) is 1. The van der Waals surface area contributed by atoms with Crippen LogP contribution in [0.4, 0.5) is 5.69 Å². The number of aryl methyl sites for hydroxylation is 1. The first-order valence-electron chi connectivity index (χ1n) is 11.1. The minimum absolute atomic E-state index is 0.332. The van der Waals surface area contributed by atoms with E-state index in [1.807, 2.05) is 48.7 Å². The molecule has 1 N–H and O–H groups in total. The lowest BCUT2D eigenvalue weighted by atomic mass is 10.0. The van der Waals surface area contributed by atoms with E-state index in [-0.39, 0.29) is 5.91 Å². The standard InChI is InChI=1S/C26H20N8O2/c1-33-15-28-24(32-33)18-7-4-8-22(23(18)36-2)31-26(35)20-14-29-34-12-10-21(30-25(20)34)17-6-3-5-16-9-11-27-13-19(16)17/h3-15H,1-2H3,(H,31,35). The fraction of sp³-hybridized carbons (Fsp3) is 0.0769. The van der Waals surface area contributed by atoms with Gasteiger partial charge in [0.25, 0.3) is 5.91 Å². The zero-order valence-electron chi connectivity index (χ0n) is 19.5. The number of para-hydroxylation sites is 1. The molecule has 10 heteroatoms. The first-order chi connectivity index (χ1) is 17.6. The predicted molar refractivity (Wildman–Crippen MR) is 135 cm³/mol. The first kappa shape index (κ1) is 21.4. The van der Waals surface area contributed by atoms with E-state index in [2.05, 4.69) is 25.5 Å². The number of amides is 1. The molecule has 0 atom stereocenters. The van der Waals surface area contributed by atoms with E-state index in [0.29, 0.717) is 34.0 Å². The minimum Gasteiger partial charge on any atom is -0.494 e. The highest BCUT2D eigenvalue weighted by atomic mass is 16.5. The number of carbonyl (C=O) groups excluding carboxylic acids is 1. The van der Waals surface area contributed by atoms with Crippen molar-refractivity contribution in [1.29, 1.82) is 0 Å². The first-order valence-corrected chi connectivity index (χ1v) is 11.1. The molecular formula is C26H20N8O2. The number of anilines is 1. The van der Waals surface area contributed by atoms with Gasteiger partial charge in [-0.15, -0.1) is 0 Å². The number of benzene rings is 2. The summed E-state index contributed by atoms with van der Waals surface area (Å²) < 4.78 is 8.80. The van der Waals surface area contributed by atoms with E-state index >= 15 is 0 Å². The average Bonchev–Trinajstić information content (AvgIpc) is 3.54. The van der Waals surface area contributed by atoms with Gasteiger partial charge in [0.05, 0.1) is 30.3 Å². The fourth-order valence-electron chi connectivity index (χ4n) is 4.20. The van der Waals surface area contributed by atoms with Crippen LogP contribution in [0.5, 0.6) is 5.75 Å². The second-order valence-corrected chi connectivity index (χ2v) is 8.12. The van der Waals surface area contributed by atoms with Crippen LogP contribution in [0.2, 0.25) is 0 Å². The normalized spacial score (nSPS) is 11.2. The molecule has 4 heterocycles. The molecule has 10 nitrogen and oxygen atoms in total. The van der Waals surface area contributed by atoms with Gasteiger partial charge in [-0.05, 0) is 29.7 Å². The Morgan fingerprint density at radius 3 is 2.72 bits per heavy atom. The molecule has 36 heavy (non-hydrogen) atoms. The topological polar surface area (TPSA) is 112 Å². The van der Waals surface area contributed by atoms with Gasteiger partial charge >= 0.3 is 0 Å². The Kier molecular flexibility index (Phi) is 5.11. The van der Waals surface area contributed by atoms with Crippen LogP contribution in [0.15, 0.2) is 79.6 Å². The number of methoxy groups -OCH3 is 1. The number of fused-ring (bicyclic) bond motifs is 2. The molecule has 0 bridgehead atoms. The summed E-state index contributed by atoms with van der Waals surface area (Å²) in [4.78, 5) is 26.7. The number of pyridine rings is 1. The monoisotopic (exact) mass is 476 g/mol. The Morgan fingerprint density at radius 1 is 1.03 bits per heavy atom. The Hall–Kier alpha value is -5.12. The van der Waals surface area contributed by atoms with Crippen LogP contribution in [0.1, 0.15) is 10.4 Å². The highest BCUT2D eigenvalue weighted by molar-refractivity contribution is 6.09. The van der Waals surface area contributed by atoms with Gasteiger partial charge in [0.1, 0.15) is 11.9 Å². The zero-order valence-corrected chi connectivity index (χ0v) is 19.5. The molecule has 2 aromatic carbocycles. The van der Waals surface area contributed by atoms with Crippen molar-refractivity contribution >= 4 is 28.0 Å². The van der Waals surface area contributed by atoms with E-state index < -0.39 is 0 Å². The van der Waals surface area contributed by atoms with Gasteiger partial charge in [-0.2, -0.15) is 10.2 Å². The number of nitrogens with zero attached hydrogens (tertiary/aromatic N) is 7. The average molecular weight is 477 g/mol. The van der Waals surface area contributed by atoms with Crippen molar-refractivity contribution in [3.05, 3.63) is 85.2 Å². The number of hydrogen-bond acceptors (Lipinski definition) is 7.